The maximum absolute atomic E-state index is 11.7. The summed E-state index contributed by atoms with van der Waals surface area (Å²) >= 11 is 6.09. The van der Waals surface area contributed by atoms with Gasteiger partial charge in [-0.2, -0.15) is 16.8 Å². The molecule has 1 aliphatic rings. The molecule has 2 heterocycles. The summed E-state index contributed by atoms with van der Waals surface area (Å²) in [4.78, 5) is 1.66. The highest BCUT2D eigenvalue weighted by atomic mass is 35.5. The lowest BCUT2D eigenvalue weighted by molar-refractivity contribution is -0.658. The molecule has 198 valence electrons. The molecule has 0 aliphatic carbocycles. The molecular weight excluding hydrogens is 544 g/mol. The van der Waals surface area contributed by atoms with Crippen LogP contribution in [0.1, 0.15) is 31.7 Å². The number of allylic oxidation sites excluding steroid dienone is 2. The molecule has 1 aliphatic heterocycles. The molecule has 13 heteroatoms. The molecule has 10 nitrogen and oxygen atoms in total. The third-order valence-corrected chi connectivity index (χ3v) is 7.83. The highest BCUT2D eigenvalue weighted by Gasteiger charge is 2.32. The quantitative estimate of drug-likeness (QED) is 0.299. The molecule has 1 unspecified atom stereocenters. The number of aromatic nitrogens is 1. The highest BCUT2D eigenvalue weighted by molar-refractivity contribution is 7.86. The van der Waals surface area contributed by atoms with Crippen molar-refractivity contribution >= 4 is 54.7 Å². The van der Waals surface area contributed by atoms with Gasteiger partial charge in [-0.15, -0.1) is 4.57 Å². The van der Waals surface area contributed by atoms with Crippen LogP contribution in [0.3, 0.4) is 0 Å². The minimum absolute atomic E-state index is 0.0655. The summed E-state index contributed by atoms with van der Waals surface area (Å²) in [6, 6.07) is 10.2. The Morgan fingerprint density at radius 1 is 1.16 bits per heavy atom. The van der Waals surface area contributed by atoms with Gasteiger partial charge in [0.1, 0.15) is 5.25 Å². The second-order valence-electron chi connectivity index (χ2n) is 8.76. The van der Waals surface area contributed by atoms with E-state index in [0.29, 0.717) is 45.4 Å². The number of benzene rings is 2. The molecule has 0 amide bonds. The van der Waals surface area contributed by atoms with E-state index in [1.807, 2.05) is 26.0 Å². The van der Waals surface area contributed by atoms with Crippen LogP contribution in [0, 0.1) is 6.92 Å². The Morgan fingerprint density at radius 3 is 2.54 bits per heavy atom. The van der Waals surface area contributed by atoms with Gasteiger partial charge in [0.15, 0.2) is 5.75 Å². The van der Waals surface area contributed by atoms with Crippen LogP contribution in [0.5, 0.6) is 5.75 Å². The first-order valence-corrected chi connectivity index (χ1v) is 14.8. The number of hydrogen-bond donors (Lipinski definition) is 2. The largest absolute Gasteiger partial charge is 0.439 e. The molecular formula is C24H26ClN2O8S2+. The lowest BCUT2D eigenvalue weighted by atomic mass is 10.1. The van der Waals surface area contributed by atoms with Crippen LogP contribution in [-0.4, -0.2) is 37.7 Å². The summed E-state index contributed by atoms with van der Waals surface area (Å²) in [5, 5.41) is -0.737. The van der Waals surface area contributed by atoms with Crippen LogP contribution in [0.2, 0.25) is 5.02 Å². The van der Waals surface area contributed by atoms with E-state index < -0.39 is 31.4 Å². The highest BCUT2D eigenvalue weighted by Crippen LogP contribution is 2.40. The first-order valence-electron chi connectivity index (χ1n) is 11.3. The van der Waals surface area contributed by atoms with Gasteiger partial charge in [-0.1, -0.05) is 24.6 Å². The molecule has 0 saturated carbocycles. The van der Waals surface area contributed by atoms with Gasteiger partial charge in [0.2, 0.25) is 11.5 Å². The van der Waals surface area contributed by atoms with Gasteiger partial charge in [0.05, 0.1) is 11.8 Å². The molecule has 1 atom stereocenters. The van der Waals surface area contributed by atoms with E-state index in [1.165, 1.54) is 17.6 Å². The Balaban J connectivity index is 1.81. The SMILES string of the molecule is CCC(=C\c1oc2ccc(Cl)cc2[n+]1CS(=O)(=O)O)/C=C1/Oc2ccc(C)cc2N1CC(C)S(=O)(=O)O. The van der Waals surface area contributed by atoms with Crippen LogP contribution in [-0.2, 0) is 26.1 Å². The van der Waals surface area contributed by atoms with E-state index in [0.717, 1.165) is 5.56 Å². The predicted molar refractivity (Wildman–Crippen MR) is 139 cm³/mol. The lowest BCUT2D eigenvalue weighted by Gasteiger charge is -2.21. The van der Waals surface area contributed by atoms with Crippen molar-refractivity contribution in [3.05, 3.63) is 70.4 Å². The van der Waals surface area contributed by atoms with Crippen molar-refractivity contribution in [1.82, 2.24) is 0 Å². The van der Waals surface area contributed by atoms with Gasteiger partial charge in [-0.3, -0.25) is 9.11 Å². The third kappa shape index (κ3) is 6.16. The van der Waals surface area contributed by atoms with Gasteiger partial charge < -0.3 is 14.1 Å². The van der Waals surface area contributed by atoms with Crippen molar-refractivity contribution in [2.24, 2.45) is 0 Å². The van der Waals surface area contributed by atoms with E-state index in [4.69, 9.17) is 20.8 Å². The summed E-state index contributed by atoms with van der Waals surface area (Å²) in [5.74, 6) is 0.242. The lowest BCUT2D eigenvalue weighted by Crippen LogP contribution is -2.39. The summed E-state index contributed by atoms with van der Waals surface area (Å²) < 4.78 is 79.2. The molecule has 0 spiro atoms. The fourth-order valence-electron chi connectivity index (χ4n) is 3.90. The summed E-state index contributed by atoms with van der Waals surface area (Å²) in [5.41, 5.74) is 2.98. The van der Waals surface area contributed by atoms with Gasteiger partial charge in [0, 0.05) is 23.7 Å². The Morgan fingerprint density at radius 2 is 1.89 bits per heavy atom. The number of fused-ring (bicyclic) bond motifs is 2. The second-order valence-corrected chi connectivity index (χ2v) is 12.4. The van der Waals surface area contributed by atoms with E-state index in [2.05, 4.69) is 0 Å². The number of aryl methyl sites for hydroxylation is 1. The molecule has 3 aromatic rings. The fourth-order valence-corrected chi connectivity index (χ4v) is 5.00. The number of oxazole rings is 1. The molecule has 4 rings (SSSR count). The summed E-state index contributed by atoms with van der Waals surface area (Å²) in [6.45, 7) is 5.09. The smallest absolute Gasteiger partial charge is 0.375 e. The van der Waals surface area contributed by atoms with Crippen LogP contribution in [0.4, 0.5) is 5.69 Å². The fraction of sp³-hybridized carbons (Fsp3) is 0.292. The van der Waals surface area contributed by atoms with Crippen molar-refractivity contribution in [2.45, 2.75) is 38.3 Å². The van der Waals surface area contributed by atoms with E-state index in [-0.39, 0.29) is 12.4 Å². The molecule has 0 bridgehead atoms. The van der Waals surface area contributed by atoms with Crippen LogP contribution >= 0.6 is 11.6 Å². The van der Waals surface area contributed by atoms with Crippen LogP contribution < -0.4 is 14.2 Å². The zero-order chi connectivity index (χ0) is 27.1. The van der Waals surface area contributed by atoms with Crippen molar-refractivity contribution in [2.75, 3.05) is 11.4 Å². The summed E-state index contributed by atoms with van der Waals surface area (Å²) in [7, 11) is -8.71. The molecule has 0 saturated heterocycles. The van der Waals surface area contributed by atoms with Crippen molar-refractivity contribution in [3.63, 3.8) is 0 Å². The van der Waals surface area contributed by atoms with Crippen LogP contribution in [0.15, 0.2) is 58.3 Å². The minimum atomic E-state index is -4.41. The van der Waals surface area contributed by atoms with Gasteiger partial charge >= 0.3 is 16.0 Å². The van der Waals surface area contributed by atoms with Gasteiger partial charge in [0.25, 0.3) is 21.5 Å². The van der Waals surface area contributed by atoms with Gasteiger partial charge in [-0.05, 0) is 55.7 Å². The van der Waals surface area contributed by atoms with Gasteiger partial charge in [-0.25, -0.2) is 0 Å². The van der Waals surface area contributed by atoms with Crippen molar-refractivity contribution in [1.29, 1.82) is 0 Å². The average molecular weight is 570 g/mol. The predicted octanol–water partition coefficient (Wildman–Crippen LogP) is 4.34. The summed E-state index contributed by atoms with van der Waals surface area (Å²) in [6.07, 6.45) is 3.76. The van der Waals surface area contributed by atoms with E-state index in [1.54, 1.807) is 35.3 Å². The number of anilines is 1. The maximum atomic E-state index is 11.7. The molecule has 0 fully saturated rings. The number of hydrogen-bond acceptors (Lipinski definition) is 7. The number of halogens is 1. The van der Waals surface area contributed by atoms with E-state index >= 15 is 0 Å². The second kappa shape index (κ2) is 10.1. The van der Waals surface area contributed by atoms with Crippen LogP contribution in [0.25, 0.3) is 17.2 Å². The monoisotopic (exact) mass is 569 g/mol. The Bertz CT molecular complexity index is 1640. The van der Waals surface area contributed by atoms with Crippen molar-refractivity contribution < 1.29 is 39.7 Å². The Labute approximate surface area is 219 Å². The maximum Gasteiger partial charge on any atom is 0.375 e. The van der Waals surface area contributed by atoms with Crippen molar-refractivity contribution in [3.8, 4) is 5.75 Å². The standard InChI is InChI=1S/C24H25ClN2O8S2/c1-4-17(11-24-27(14-36(28,29)30)20-12-18(25)6-8-22(20)35-24)10-23-26(13-16(3)37(31,32)33)19-9-15(2)5-7-21(19)34-23/h5-12,16H,4,13-14H2,1-3H3,(H-,28,29,30,31,32,33)/p+1. The Hall–Kier alpha value is -2.90. The molecule has 0 radical (unpaired) electrons. The molecule has 2 aromatic carbocycles. The molecule has 2 N–H and O–H groups in total. The van der Waals surface area contributed by atoms with E-state index in [9.17, 15) is 25.9 Å². The number of ether oxygens (including phenoxy) is 1. The third-order valence-electron chi connectivity index (χ3n) is 5.84. The zero-order valence-electron chi connectivity index (χ0n) is 20.3. The molecule has 37 heavy (non-hydrogen) atoms. The Kier molecular flexibility index (Phi) is 7.41. The zero-order valence-corrected chi connectivity index (χ0v) is 22.6. The topological polar surface area (TPSA) is 138 Å². The normalized spacial score (nSPS) is 16.3. The minimum Gasteiger partial charge on any atom is -0.439 e. The first kappa shape index (κ1) is 27.1. The molecule has 1 aromatic heterocycles. The number of rotatable bonds is 8. The number of nitrogens with zero attached hydrogens (tertiary/aromatic N) is 2. The first-order chi connectivity index (χ1) is 17.2. The average Bonchev–Trinajstić information content (AvgIpc) is 3.28.